The first-order chi connectivity index (χ1) is 8.81. The van der Waals surface area contributed by atoms with E-state index in [0.717, 1.165) is 13.1 Å². The van der Waals surface area contributed by atoms with E-state index in [1.165, 1.54) is 0 Å². The van der Waals surface area contributed by atoms with Crippen molar-refractivity contribution in [1.82, 2.24) is 0 Å². The van der Waals surface area contributed by atoms with Crippen LogP contribution in [0.25, 0.3) is 0 Å². The van der Waals surface area contributed by atoms with Crippen LogP contribution in [0.4, 0.5) is 0 Å². The third-order valence-corrected chi connectivity index (χ3v) is 2.59. The summed E-state index contributed by atoms with van der Waals surface area (Å²) < 4.78 is 3.93. The Balaban J connectivity index is 2.07. The molecule has 0 saturated carbocycles. The van der Waals surface area contributed by atoms with E-state index in [1.807, 2.05) is 46.1 Å². The Morgan fingerprint density at radius 2 is 1.28 bits per heavy atom. The summed E-state index contributed by atoms with van der Waals surface area (Å²) in [5.41, 5.74) is 1.29. The minimum atomic E-state index is 0.647. The highest BCUT2D eigenvalue weighted by atomic mass is 15.0. The summed E-state index contributed by atoms with van der Waals surface area (Å²) in [4.78, 5) is 0. The van der Waals surface area contributed by atoms with Gasteiger partial charge in [0.05, 0.1) is 0 Å². The molecule has 0 spiro atoms. The highest BCUT2D eigenvalue weighted by Gasteiger charge is 2.07. The van der Waals surface area contributed by atoms with E-state index in [1.54, 1.807) is 12.1 Å². The molecule has 0 aliphatic rings. The normalized spacial score (nSPS) is 9.44. The summed E-state index contributed by atoms with van der Waals surface area (Å²) in [6.45, 7) is 1.52. The molecule has 86 valence electrons. The van der Waals surface area contributed by atoms with Crippen molar-refractivity contribution in [2.45, 2.75) is 13.1 Å². The largest absolute Gasteiger partial charge is 0.206 e. The van der Waals surface area contributed by atoms with Crippen LogP contribution in [0.1, 0.15) is 11.1 Å². The molecule has 0 aliphatic heterocycles. The van der Waals surface area contributed by atoms with Crippen molar-refractivity contribution in [3.05, 3.63) is 60.2 Å². The Kier molecular flexibility index (Phi) is 3.63. The molecule has 0 amide bonds. The van der Waals surface area contributed by atoms with Crippen LogP contribution in [0, 0.1) is 22.7 Å². The fourth-order valence-corrected chi connectivity index (χ4v) is 1.69. The van der Waals surface area contributed by atoms with Crippen molar-refractivity contribution < 1.29 is 9.13 Å². The molecule has 2 rings (SSSR count). The van der Waals surface area contributed by atoms with E-state index >= 15 is 0 Å². The minimum absolute atomic E-state index is 0.647. The number of pyridine rings is 2. The van der Waals surface area contributed by atoms with E-state index in [2.05, 4.69) is 12.1 Å². The quantitative estimate of drug-likeness (QED) is 0.737. The molecule has 0 bridgehead atoms. The lowest BCUT2D eigenvalue weighted by atomic mass is 10.3. The van der Waals surface area contributed by atoms with E-state index in [0.29, 0.717) is 11.1 Å². The zero-order valence-corrected chi connectivity index (χ0v) is 9.82. The highest BCUT2D eigenvalue weighted by Crippen LogP contribution is 1.91. The summed E-state index contributed by atoms with van der Waals surface area (Å²) in [5, 5.41) is 17.6. The van der Waals surface area contributed by atoms with Gasteiger partial charge in [0.15, 0.2) is 24.8 Å². The number of hydrogen-bond donors (Lipinski definition) is 0. The van der Waals surface area contributed by atoms with E-state index in [-0.39, 0.29) is 0 Å². The molecular weight excluding hydrogens is 224 g/mol. The maximum atomic E-state index is 8.81. The van der Waals surface area contributed by atoms with Crippen LogP contribution in [-0.2, 0) is 13.1 Å². The first-order valence-corrected chi connectivity index (χ1v) is 5.60. The topological polar surface area (TPSA) is 55.3 Å². The molecule has 0 fully saturated rings. The maximum Gasteiger partial charge on any atom is 0.206 e. The Bertz CT molecular complexity index is 577. The minimum Gasteiger partial charge on any atom is -0.197 e. The van der Waals surface area contributed by atoms with Crippen LogP contribution in [0.15, 0.2) is 49.1 Å². The lowest BCUT2D eigenvalue weighted by Crippen LogP contribution is -2.44. The number of nitriles is 2. The first-order valence-electron chi connectivity index (χ1n) is 5.60. The molecule has 2 aromatic rings. The Morgan fingerprint density at radius 3 is 1.67 bits per heavy atom. The fourth-order valence-electron chi connectivity index (χ4n) is 1.69. The van der Waals surface area contributed by atoms with Gasteiger partial charge in [-0.1, -0.05) is 0 Å². The molecule has 2 aromatic heterocycles. The predicted molar refractivity (Wildman–Crippen MR) is 62.7 cm³/mol. The molecular formula is C14H12N4+2. The van der Waals surface area contributed by atoms with Gasteiger partial charge in [0, 0.05) is 12.1 Å². The first kappa shape index (κ1) is 11.8. The van der Waals surface area contributed by atoms with Crippen LogP contribution >= 0.6 is 0 Å². The third kappa shape index (κ3) is 2.90. The van der Waals surface area contributed by atoms with Gasteiger partial charge in [-0.3, -0.25) is 0 Å². The van der Waals surface area contributed by atoms with Gasteiger partial charge < -0.3 is 0 Å². The van der Waals surface area contributed by atoms with Crippen LogP contribution in [-0.4, -0.2) is 0 Å². The SMILES string of the molecule is N#Cc1ccc[n+](CC[n+]2cccc(C#N)c2)c1. The Morgan fingerprint density at radius 1 is 0.833 bits per heavy atom. The molecule has 0 aromatic carbocycles. The van der Waals surface area contributed by atoms with Crippen molar-refractivity contribution in [3.8, 4) is 12.1 Å². The lowest BCUT2D eigenvalue weighted by Gasteiger charge is -1.95. The molecule has 2 heterocycles. The second-order valence-corrected chi connectivity index (χ2v) is 3.88. The van der Waals surface area contributed by atoms with Crippen LogP contribution in [0.5, 0.6) is 0 Å². The van der Waals surface area contributed by atoms with Crippen molar-refractivity contribution >= 4 is 0 Å². The summed E-state index contributed by atoms with van der Waals surface area (Å²) in [6, 6.07) is 11.5. The Hall–Kier alpha value is -2.72. The van der Waals surface area contributed by atoms with Crippen molar-refractivity contribution in [2.24, 2.45) is 0 Å². The summed E-state index contributed by atoms with van der Waals surface area (Å²) in [7, 11) is 0. The molecule has 0 aliphatic carbocycles. The van der Waals surface area contributed by atoms with Gasteiger partial charge in [-0.05, 0) is 12.1 Å². The smallest absolute Gasteiger partial charge is 0.197 e. The van der Waals surface area contributed by atoms with Gasteiger partial charge in [0.1, 0.15) is 23.3 Å². The number of hydrogen-bond acceptors (Lipinski definition) is 2. The monoisotopic (exact) mass is 236 g/mol. The van der Waals surface area contributed by atoms with Crippen LogP contribution in [0.2, 0.25) is 0 Å². The van der Waals surface area contributed by atoms with E-state index in [4.69, 9.17) is 10.5 Å². The molecule has 4 nitrogen and oxygen atoms in total. The third-order valence-electron chi connectivity index (χ3n) is 2.59. The molecule has 0 N–H and O–H groups in total. The van der Waals surface area contributed by atoms with Crippen molar-refractivity contribution in [2.75, 3.05) is 0 Å². The number of nitrogens with zero attached hydrogens (tertiary/aromatic N) is 4. The molecule has 0 unspecified atom stereocenters. The fraction of sp³-hybridized carbons (Fsp3) is 0.143. The van der Waals surface area contributed by atoms with Crippen molar-refractivity contribution in [1.29, 1.82) is 10.5 Å². The number of aromatic nitrogens is 2. The van der Waals surface area contributed by atoms with Gasteiger partial charge in [-0.15, -0.1) is 0 Å². The average Bonchev–Trinajstić information content (AvgIpc) is 2.45. The number of rotatable bonds is 3. The molecule has 0 saturated heterocycles. The zero-order valence-electron chi connectivity index (χ0n) is 9.82. The summed E-state index contributed by atoms with van der Waals surface area (Å²) >= 11 is 0. The van der Waals surface area contributed by atoms with Crippen LogP contribution in [0.3, 0.4) is 0 Å². The molecule has 18 heavy (non-hydrogen) atoms. The number of aryl methyl sites for hydroxylation is 2. The summed E-state index contributed by atoms with van der Waals surface area (Å²) in [6.07, 6.45) is 7.48. The predicted octanol–water partition coefficient (Wildman–Crippen LogP) is 0.705. The molecule has 4 heteroatoms. The van der Waals surface area contributed by atoms with Gasteiger partial charge in [0.2, 0.25) is 13.1 Å². The maximum absolute atomic E-state index is 8.81. The highest BCUT2D eigenvalue weighted by molar-refractivity contribution is 5.22. The Labute approximate surface area is 106 Å². The average molecular weight is 236 g/mol. The van der Waals surface area contributed by atoms with Crippen molar-refractivity contribution in [3.63, 3.8) is 0 Å². The van der Waals surface area contributed by atoms with Crippen LogP contribution < -0.4 is 9.13 Å². The van der Waals surface area contributed by atoms with E-state index < -0.39 is 0 Å². The van der Waals surface area contributed by atoms with Gasteiger partial charge in [-0.25, -0.2) is 0 Å². The lowest BCUT2D eigenvalue weighted by molar-refractivity contribution is -0.778. The van der Waals surface area contributed by atoms with Gasteiger partial charge in [0.25, 0.3) is 0 Å². The zero-order chi connectivity index (χ0) is 12.8. The van der Waals surface area contributed by atoms with E-state index in [9.17, 15) is 0 Å². The summed E-state index contributed by atoms with van der Waals surface area (Å²) in [5.74, 6) is 0. The van der Waals surface area contributed by atoms with Gasteiger partial charge >= 0.3 is 0 Å². The van der Waals surface area contributed by atoms with Gasteiger partial charge in [-0.2, -0.15) is 19.7 Å². The second kappa shape index (κ2) is 5.56. The second-order valence-electron chi connectivity index (χ2n) is 3.88. The molecule has 0 atom stereocenters. The molecule has 0 radical (unpaired) electrons. The standard InChI is InChI=1S/C14H12N4/c15-9-13-3-1-5-17(11-13)7-8-18-6-2-4-14(10-16)12-18/h1-6,11-12H,7-8H2/q+2.